The molecular weight excluding hydrogens is 415 g/mol. The molecule has 2 aliphatic heterocycles. The van der Waals surface area contributed by atoms with Gasteiger partial charge in [-0.05, 0) is 36.4 Å². The Bertz CT molecular complexity index is 1150. The number of ether oxygens (including phenoxy) is 2. The molecule has 8 nitrogen and oxygen atoms in total. The molecule has 0 radical (unpaired) electrons. The SMILES string of the molecule is O=C(Nc1cnn(C[C@H]2COc3ccccc3O2)c1)[C@H]1CC(=O)N(c2ccc(F)cc2)C1. The largest absolute Gasteiger partial charge is 0.486 e. The van der Waals surface area contributed by atoms with Gasteiger partial charge in [0.15, 0.2) is 17.6 Å². The summed E-state index contributed by atoms with van der Waals surface area (Å²) in [6.07, 6.45) is 3.18. The van der Waals surface area contributed by atoms with Crippen LogP contribution in [-0.4, -0.2) is 40.9 Å². The number of anilines is 2. The van der Waals surface area contributed by atoms with Gasteiger partial charge in [0.25, 0.3) is 0 Å². The zero-order valence-electron chi connectivity index (χ0n) is 17.1. The number of hydrogen-bond acceptors (Lipinski definition) is 5. The molecule has 32 heavy (non-hydrogen) atoms. The summed E-state index contributed by atoms with van der Waals surface area (Å²) in [6.45, 7) is 1.11. The lowest BCUT2D eigenvalue weighted by Gasteiger charge is -2.26. The van der Waals surface area contributed by atoms with Crippen LogP contribution < -0.4 is 19.7 Å². The van der Waals surface area contributed by atoms with E-state index in [1.807, 2.05) is 24.3 Å². The number of fused-ring (bicyclic) bond motifs is 1. The molecule has 3 heterocycles. The summed E-state index contributed by atoms with van der Waals surface area (Å²) in [4.78, 5) is 26.6. The average molecular weight is 436 g/mol. The van der Waals surface area contributed by atoms with Crippen LogP contribution in [0.25, 0.3) is 0 Å². The summed E-state index contributed by atoms with van der Waals surface area (Å²) in [5.74, 6) is 0.124. The van der Waals surface area contributed by atoms with Crippen molar-refractivity contribution in [3.8, 4) is 11.5 Å². The molecule has 0 spiro atoms. The van der Waals surface area contributed by atoms with Gasteiger partial charge in [-0.2, -0.15) is 5.10 Å². The number of nitrogens with one attached hydrogen (secondary N) is 1. The average Bonchev–Trinajstić information content (AvgIpc) is 3.40. The zero-order valence-corrected chi connectivity index (χ0v) is 17.1. The Balaban J connectivity index is 1.17. The third-order valence-corrected chi connectivity index (χ3v) is 5.49. The van der Waals surface area contributed by atoms with E-state index < -0.39 is 5.92 Å². The summed E-state index contributed by atoms with van der Waals surface area (Å²) in [5.41, 5.74) is 1.12. The molecule has 1 aromatic heterocycles. The van der Waals surface area contributed by atoms with Gasteiger partial charge in [0.1, 0.15) is 12.4 Å². The van der Waals surface area contributed by atoms with Crippen molar-refractivity contribution in [1.29, 1.82) is 0 Å². The molecule has 0 aliphatic carbocycles. The molecule has 2 atom stereocenters. The van der Waals surface area contributed by atoms with Gasteiger partial charge >= 0.3 is 0 Å². The number of carbonyl (C=O) groups is 2. The predicted molar refractivity (Wildman–Crippen MR) is 114 cm³/mol. The van der Waals surface area contributed by atoms with Crippen LogP contribution in [0.4, 0.5) is 15.8 Å². The number of aromatic nitrogens is 2. The standard InChI is InChI=1S/C23H21FN4O4/c24-16-5-7-18(8-6-16)28-11-15(9-22(28)29)23(30)26-17-10-25-27(12-17)13-19-14-31-20-3-1-2-4-21(20)32-19/h1-8,10,12,15,19H,9,11,13-14H2,(H,26,30)/t15-,19-/m0/s1. The summed E-state index contributed by atoms with van der Waals surface area (Å²) in [7, 11) is 0. The monoisotopic (exact) mass is 436 g/mol. The minimum atomic E-state index is -0.498. The van der Waals surface area contributed by atoms with Crippen molar-refractivity contribution < 1.29 is 23.5 Å². The number of carbonyl (C=O) groups excluding carboxylic acids is 2. The van der Waals surface area contributed by atoms with Crippen LogP contribution in [0.15, 0.2) is 60.9 Å². The van der Waals surface area contributed by atoms with Gasteiger partial charge in [0.2, 0.25) is 11.8 Å². The highest BCUT2D eigenvalue weighted by Gasteiger charge is 2.35. The topological polar surface area (TPSA) is 85.7 Å². The first-order valence-electron chi connectivity index (χ1n) is 10.3. The van der Waals surface area contributed by atoms with Gasteiger partial charge in [0, 0.05) is 24.8 Å². The fraction of sp³-hybridized carbons (Fsp3) is 0.261. The van der Waals surface area contributed by atoms with E-state index in [1.54, 1.807) is 17.1 Å². The molecule has 9 heteroatoms. The maximum Gasteiger partial charge on any atom is 0.229 e. The van der Waals surface area contributed by atoms with Crippen molar-refractivity contribution >= 4 is 23.2 Å². The van der Waals surface area contributed by atoms with Crippen LogP contribution in [0.5, 0.6) is 11.5 Å². The third-order valence-electron chi connectivity index (χ3n) is 5.49. The maximum atomic E-state index is 13.1. The molecule has 1 fully saturated rings. The van der Waals surface area contributed by atoms with E-state index in [-0.39, 0.29) is 36.7 Å². The zero-order chi connectivity index (χ0) is 22.1. The van der Waals surface area contributed by atoms with Crippen molar-refractivity contribution in [1.82, 2.24) is 9.78 Å². The first-order valence-corrected chi connectivity index (χ1v) is 10.3. The van der Waals surface area contributed by atoms with E-state index in [9.17, 15) is 14.0 Å². The van der Waals surface area contributed by atoms with Crippen molar-refractivity contribution in [2.45, 2.75) is 19.1 Å². The lowest BCUT2D eigenvalue weighted by Crippen LogP contribution is -2.33. The number of hydrogen-bond donors (Lipinski definition) is 1. The third kappa shape index (κ3) is 4.14. The second-order valence-electron chi connectivity index (χ2n) is 7.82. The number of rotatable bonds is 5. The fourth-order valence-corrected chi connectivity index (χ4v) is 3.89. The number of para-hydroxylation sites is 2. The van der Waals surface area contributed by atoms with E-state index in [2.05, 4.69) is 10.4 Å². The molecule has 2 aromatic carbocycles. The Labute approximate surface area is 183 Å². The lowest BCUT2D eigenvalue weighted by molar-refractivity contribution is -0.122. The van der Waals surface area contributed by atoms with E-state index in [1.165, 1.54) is 29.2 Å². The minimum Gasteiger partial charge on any atom is -0.486 e. The second kappa shape index (κ2) is 8.33. The van der Waals surface area contributed by atoms with Gasteiger partial charge < -0.3 is 19.7 Å². The highest BCUT2D eigenvalue weighted by Crippen LogP contribution is 2.31. The molecule has 5 rings (SSSR count). The first kappa shape index (κ1) is 20.0. The molecular formula is C23H21FN4O4. The summed E-state index contributed by atoms with van der Waals surface area (Å²) < 4.78 is 26.5. The van der Waals surface area contributed by atoms with E-state index >= 15 is 0 Å². The minimum absolute atomic E-state index is 0.101. The Morgan fingerprint density at radius 3 is 2.75 bits per heavy atom. The van der Waals surface area contributed by atoms with Crippen LogP contribution in [0, 0.1) is 11.7 Å². The number of amides is 2. The number of benzene rings is 2. The first-order chi connectivity index (χ1) is 15.5. The van der Waals surface area contributed by atoms with Gasteiger partial charge in [-0.3, -0.25) is 14.3 Å². The van der Waals surface area contributed by atoms with E-state index in [0.29, 0.717) is 30.3 Å². The lowest BCUT2D eigenvalue weighted by atomic mass is 10.1. The van der Waals surface area contributed by atoms with Crippen molar-refractivity contribution in [3.05, 3.63) is 66.7 Å². The van der Waals surface area contributed by atoms with E-state index in [4.69, 9.17) is 9.47 Å². The number of nitrogens with zero attached hydrogens (tertiary/aromatic N) is 3. The number of halogens is 1. The van der Waals surface area contributed by atoms with Gasteiger partial charge in [-0.25, -0.2) is 4.39 Å². The van der Waals surface area contributed by atoms with Crippen LogP contribution in [0.2, 0.25) is 0 Å². The van der Waals surface area contributed by atoms with Crippen molar-refractivity contribution in [2.75, 3.05) is 23.4 Å². The van der Waals surface area contributed by atoms with Crippen LogP contribution in [0.1, 0.15) is 6.42 Å². The molecule has 1 saturated heterocycles. The Morgan fingerprint density at radius 1 is 1.16 bits per heavy atom. The molecule has 3 aromatic rings. The van der Waals surface area contributed by atoms with Crippen molar-refractivity contribution in [2.24, 2.45) is 5.92 Å². The summed E-state index contributed by atoms with van der Waals surface area (Å²) >= 11 is 0. The predicted octanol–water partition coefficient (Wildman–Crippen LogP) is 2.85. The molecule has 1 N–H and O–H groups in total. The highest BCUT2D eigenvalue weighted by atomic mass is 19.1. The summed E-state index contributed by atoms with van der Waals surface area (Å²) in [6, 6.07) is 13.2. The molecule has 0 unspecified atom stereocenters. The Morgan fingerprint density at radius 2 is 1.94 bits per heavy atom. The van der Waals surface area contributed by atoms with E-state index in [0.717, 1.165) is 5.75 Å². The second-order valence-corrected chi connectivity index (χ2v) is 7.82. The quantitative estimate of drug-likeness (QED) is 0.665. The fourth-order valence-electron chi connectivity index (χ4n) is 3.89. The molecule has 0 bridgehead atoms. The molecule has 2 amide bonds. The van der Waals surface area contributed by atoms with Crippen LogP contribution in [0.3, 0.4) is 0 Å². The normalized spacial score (nSPS) is 19.8. The maximum absolute atomic E-state index is 13.1. The molecule has 0 saturated carbocycles. The van der Waals surface area contributed by atoms with Gasteiger partial charge in [-0.15, -0.1) is 0 Å². The van der Waals surface area contributed by atoms with Gasteiger partial charge in [-0.1, -0.05) is 12.1 Å². The smallest absolute Gasteiger partial charge is 0.229 e. The van der Waals surface area contributed by atoms with Crippen LogP contribution in [-0.2, 0) is 16.1 Å². The van der Waals surface area contributed by atoms with Crippen molar-refractivity contribution in [3.63, 3.8) is 0 Å². The van der Waals surface area contributed by atoms with Crippen LogP contribution >= 0.6 is 0 Å². The summed E-state index contributed by atoms with van der Waals surface area (Å²) in [5, 5.41) is 7.11. The van der Waals surface area contributed by atoms with Gasteiger partial charge in [0.05, 0.1) is 24.3 Å². The Hall–Kier alpha value is -3.88. The molecule has 164 valence electrons. The highest BCUT2D eigenvalue weighted by molar-refractivity contribution is 6.03. The Kier molecular flexibility index (Phi) is 5.22. The molecule has 2 aliphatic rings.